The monoisotopic (exact) mass is 344 g/mol. The van der Waals surface area contributed by atoms with Crippen LogP contribution in [0.3, 0.4) is 0 Å². The molecule has 1 fully saturated rings. The molecule has 0 aliphatic carbocycles. The van der Waals surface area contributed by atoms with E-state index >= 15 is 0 Å². The Bertz CT molecular complexity index is 775. The van der Waals surface area contributed by atoms with Crippen molar-refractivity contribution in [1.29, 1.82) is 0 Å². The van der Waals surface area contributed by atoms with E-state index in [0.29, 0.717) is 0 Å². The zero-order chi connectivity index (χ0) is 17.7. The predicted octanol–water partition coefficient (Wildman–Crippen LogP) is 0.394. The Labute approximate surface area is 134 Å². The maximum Gasteiger partial charge on any atom is 0.435 e. The topological polar surface area (TPSA) is 89.1 Å². The molecular weight excluding hydrogens is 329 g/mol. The summed E-state index contributed by atoms with van der Waals surface area (Å²) in [5, 5.41) is 17.7. The molecule has 130 valence electrons. The number of carbonyl (C=O) groups is 1. The summed E-state index contributed by atoms with van der Waals surface area (Å²) in [5.41, 5.74) is -3.16. The van der Waals surface area contributed by atoms with Gasteiger partial charge in [-0.1, -0.05) is 0 Å². The van der Waals surface area contributed by atoms with Crippen molar-refractivity contribution in [2.45, 2.75) is 25.2 Å². The van der Waals surface area contributed by atoms with Gasteiger partial charge in [-0.2, -0.15) is 23.4 Å². The first-order chi connectivity index (χ1) is 11.2. The number of aliphatic hydroxyl groups is 1. The molecule has 3 heterocycles. The summed E-state index contributed by atoms with van der Waals surface area (Å²) in [6.07, 6.45) is -2.40. The van der Waals surface area contributed by atoms with Gasteiger partial charge in [-0.3, -0.25) is 14.2 Å². The Morgan fingerprint density at radius 3 is 2.58 bits per heavy atom. The van der Waals surface area contributed by atoms with Crippen molar-refractivity contribution in [2.24, 2.45) is 7.05 Å². The van der Waals surface area contributed by atoms with E-state index in [0.717, 1.165) is 15.8 Å². The van der Waals surface area contributed by atoms with Crippen molar-refractivity contribution in [2.75, 3.05) is 13.1 Å². The molecule has 1 aliphatic rings. The first-order valence-electron chi connectivity index (χ1n) is 7.16. The van der Waals surface area contributed by atoms with Crippen LogP contribution in [0.1, 0.15) is 28.8 Å². The van der Waals surface area contributed by atoms with Crippen LogP contribution in [-0.4, -0.2) is 53.5 Å². The molecule has 1 saturated heterocycles. The minimum atomic E-state index is -4.73. The second-order valence-electron chi connectivity index (χ2n) is 5.64. The maximum atomic E-state index is 13.1. The van der Waals surface area contributed by atoms with Crippen molar-refractivity contribution < 1.29 is 23.1 Å². The Morgan fingerprint density at radius 2 is 2.08 bits per heavy atom. The summed E-state index contributed by atoms with van der Waals surface area (Å²) in [7, 11) is 1.58. The van der Waals surface area contributed by atoms with Crippen LogP contribution in [0.15, 0.2) is 12.5 Å². The molecule has 0 unspecified atom stereocenters. The van der Waals surface area contributed by atoms with Gasteiger partial charge in [-0.25, -0.2) is 4.98 Å². The fraction of sp³-hybridized carbons (Fsp3) is 0.538. The van der Waals surface area contributed by atoms with Crippen molar-refractivity contribution in [3.63, 3.8) is 0 Å². The third-order valence-electron chi connectivity index (χ3n) is 3.90. The quantitative estimate of drug-likeness (QED) is 0.870. The number of rotatable bonds is 3. The Balaban J connectivity index is 1.83. The van der Waals surface area contributed by atoms with E-state index in [-0.39, 0.29) is 25.5 Å². The summed E-state index contributed by atoms with van der Waals surface area (Å²) < 4.78 is 41.6. The number of hydrogen-bond donors (Lipinski definition) is 1. The van der Waals surface area contributed by atoms with E-state index in [1.807, 2.05) is 0 Å². The Morgan fingerprint density at radius 1 is 1.42 bits per heavy atom. The number of alkyl halides is 3. The number of carbonyl (C=O) groups excluding carboxylic acids is 1. The molecule has 8 nitrogen and oxygen atoms in total. The molecule has 3 rings (SSSR count). The zero-order valence-electron chi connectivity index (χ0n) is 12.9. The van der Waals surface area contributed by atoms with Gasteiger partial charge in [0.05, 0.1) is 18.7 Å². The minimum absolute atomic E-state index is 0.160. The smallest absolute Gasteiger partial charge is 0.378 e. The van der Waals surface area contributed by atoms with E-state index in [1.54, 1.807) is 14.0 Å². The number of amides is 1. The second-order valence-corrected chi connectivity index (χ2v) is 5.64. The Kier molecular flexibility index (Phi) is 3.62. The molecule has 0 saturated carbocycles. The predicted molar refractivity (Wildman–Crippen MR) is 73.7 cm³/mol. The standard InChI is InChI=1S/C13H15F3N6O2/c1-3-22-4-8(9(19-22)13(14,15)16)10(23)21-5-12(24,6-21)11-17-7-18-20(11)2/h4,7,24H,3,5-6H2,1-2H3. The number of nitrogens with zero attached hydrogens (tertiary/aromatic N) is 6. The van der Waals surface area contributed by atoms with Gasteiger partial charge in [0.25, 0.3) is 5.91 Å². The van der Waals surface area contributed by atoms with Crippen LogP contribution in [0.2, 0.25) is 0 Å². The molecule has 1 aliphatic heterocycles. The third-order valence-corrected chi connectivity index (χ3v) is 3.90. The van der Waals surface area contributed by atoms with Crippen LogP contribution in [-0.2, 0) is 25.4 Å². The van der Waals surface area contributed by atoms with Gasteiger partial charge in [0.15, 0.2) is 17.1 Å². The normalized spacial score (nSPS) is 17.0. The first-order valence-corrected chi connectivity index (χ1v) is 7.16. The van der Waals surface area contributed by atoms with Crippen LogP contribution in [0.4, 0.5) is 13.2 Å². The van der Waals surface area contributed by atoms with Crippen molar-refractivity contribution in [1.82, 2.24) is 29.4 Å². The highest BCUT2D eigenvalue weighted by atomic mass is 19.4. The summed E-state index contributed by atoms with van der Waals surface area (Å²) in [5.74, 6) is -0.569. The van der Waals surface area contributed by atoms with Crippen LogP contribution in [0.5, 0.6) is 0 Å². The molecule has 1 amide bonds. The number of β-amino-alcohol motifs (C(OH)–C–C–N with tert-alkyl or cyclic N) is 1. The van der Waals surface area contributed by atoms with E-state index in [2.05, 4.69) is 15.2 Å². The molecule has 0 radical (unpaired) electrons. The molecule has 0 atom stereocenters. The fourth-order valence-electron chi connectivity index (χ4n) is 2.71. The highest BCUT2D eigenvalue weighted by molar-refractivity contribution is 5.96. The van der Waals surface area contributed by atoms with E-state index in [9.17, 15) is 23.1 Å². The van der Waals surface area contributed by atoms with Gasteiger partial charge in [-0.15, -0.1) is 0 Å². The van der Waals surface area contributed by atoms with Crippen LogP contribution in [0, 0.1) is 0 Å². The molecular formula is C13H15F3N6O2. The lowest BCUT2D eigenvalue weighted by Gasteiger charge is -2.45. The Hall–Kier alpha value is -2.43. The number of aryl methyl sites for hydroxylation is 2. The maximum absolute atomic E-state index is 13.1. The second kappa shape index (κ2) is 5.30. The molecule has 11 heteroatoms. The first kappa shape index (κ1) is 16.4. The molecule has 0 bridgehead atoms. The van der Waals surface area contributed by atoms with Crippen molar-refractivity contribution in [3.8, 4) is 0 Å². The molecule has 2 aromatic rings. The lowest BCUT2D eigenvalue weighted by atomic mass is 9.92. The highest BCUT2D eigenvalue weighted by Crippen LogP contribution is 2.35. The van der Waals surface area contributed by atoms with Gasteiger partial charge in [-0.05, 0) is 6.92 Å². The SMILES string of the molecule is CCn1cc(C(=O)N2CC(O)(c3ncnn3C)C2)c(C(F)(F)F)n1. The van der Waals surface area contributed by atoms with E-state index in [4.69, 9.17) is 0 Å². The number of halogens is 3. The van der Waals surface area contributed by atoms with Crippen molar-refractivity contribution in [3.05, 3.63) is 29.6 Å². The highest BCUT2D eigenvalue weighted by Gasteiger charge is 2.50. The van der Waals surface area contributed by atoms with Gasteiger partial charge >= 0.3 is 6.18 Å². The summed E-state index contributed by atoms with van der Waals surface area (Å²) in [6.45, 7) is 1.51. The van der Waals surface area contributed by atoms with Crippen LogP contribution in [0.25, 0.3) is 0 Å². The van der Waals surface area contributed by atoms with Gasteiger partial charge in [0, 0.05) is 19.8 Å². The van der Waals surface area contributed by atoms with Gasteiger partial charge in [0.1, 0.15) is 6.33 Å². The largest absolute Gasteiger partial charge is 0.435 e. The van der Waals surface area contributed by atoms with E-state index < -0.39 is 28.9 Å². The van der Waals surface area contributed by atoms with Gasteiger partial charge in [0.2, 0.25) is 0 Å². The zero-order valence-corrected chi connectivity index (χ0v) is 12.9. The number of aromatic nitrogens is 5. The summed E-state index contributed by atoms with van der Waals surface area (Å²) >= 11 is 0. The van der Waals surface area contributed by atoms with Gasteiger partial charge < -0.3 is 10.0 Å². The minimum Gasteiger partial charge on any atom is -0.378 e. The molecule has 24 heavy (non-hydrogen) atoms. The fourth-order valence-corrected chi connectivity index (χ4v) is 2.71. The summed E-state index contributed by atoms with van der Waals surface area (Å²) in [4.78, 5) is 17.4. The van der Waals surface area contributed by atoms with E-state index in [1.165, 1.54) is 11.0 Å². The van der Waals surface area contributed by atoms with Crippen molar-refractivity contribution >= 4 is 5.91 Å². The van der Waals surface area contributed by atoms with Crippen LogP contribution >= 0.6 is 0 Å². The molecule has 2 aromatic heterocycles. The number of hydrogen-bond acceptors (Lipinski definition) is 5. The third kappa shape index (κ3) is 2.54. The summed E-state index contributed by atoms with van der Waals surface area (Å²) in [6, 6.07) is 0. The molecule has 0 aromatic carbocycles. The van der Waals surface area contributed by atoms with Crippen LogP contribution < -0.4 is 0 Å². The molecule has 0 spiro atoms. The average molecular weight is 344 g/mol. The average Bonchev–Trinajstić information content (AvgIpc) is 3.08. The lowest BCUT2D eigenvalue weighted by molar-refractivity contribution is -0.142. The molecule has 1 N–H and O–H groups in total. The lowest BCUT2D eigenvalue weighted by Crippen LogP contribution is -2.62. The number of likely N-dealkylation sites (tertiary alicyclic amines) is 1.